The van der Waals surface area contributed by atoms with E-state index in [0.29, 0.717) is 5.25 Å². The summed E-state index contributed by atoms with van der Waals surface area (Å²) in [5.41, 5.74) is 3.48. The van der Waals surface area contributed by atoms with Crippen LogP contribution in [-0.2, 0) is 6.61 Å². The fraction of sp³-hybridized carbons (Fsp3) is 0.538. The highest BCUT2D eigenvalue weighted by molar-refractivity contribution is 8.00. The van der Waals surface area contributed by atoms with Gasteiger partial charge in [0, 0.05) is 35.3 Å². The first kappa shape index (κ1) is 11.8. The molecule has 16 heavy (non-hydrogen) atoms. The van der Waals surface area contributed by atoms with E-state index in [0.717, 1.165) is 18.7 Å². The molecule has 1 heterocycles. The van der Waals surface area contributed by atoms with E-state index in [1.165, 1.54) is 17.0 Å². The number of anilines is 1. The summed E-state index contributed by atoms with van der Waals surface area (Å²) in [6, 6.07) is 6.35. The van der Waals surface area contributed by atoms with Crippen molar-refractivity contribution < 1.29 is 5.11 Å². The number of thioether (sulfide) groups is 1. The normalized spacial score (nSPS) is 21.2. The smallest absolute Gasteiger partial charge is 0.0702 e. The molecule has 0 aromatic heterocycles. The molecule has 0 spiro atoms. The lowest BCUT2D eigenvalue weighted by molar-refractivity contribution is 0.282. The van der Waals surface area contributed by atoms with Crippen LogP contribution < -0.4 is 4.90 Å². The van der Waals surface area contributed by atoms with Gasteiger partial charge in [0.15, 0.2) is 0 Å². The number of rotatable bonds is 2. The van der Waals surface area contributed by atoms with Crippen molar-refractivity contribution in [1.29, 1.82) is 0 Å². The molecular weight excluding hydrogens is 218 g/mol. The molecule has 1 aromatic carbocycles. The number of hydrogen-bond donors (Lipinski definition) is 1. The second kappa shape index (κ2) is 5.11. The zero-order valence-corrected chi connectivity index (χ0v) is 10.8. The van der Waals surface area contributed by atoms with Gasteiger partial charge in [0.2, 0.25) is 0 Å². The number of aliphatic hydroxyl groups is 1. The molecule has 1 N–H and O–H groups in total. The third-order valence-corrected chi connectivity index (χ3v) is 4.12. The Kier molecular flexibility index (Phi) is 3.77. The molecule has 0 bridgehead atoms. The highest BCUT2D eigenvalue weighted by atomic mass is 32.2. The van der Waals surface area contributed by atoms with Gasteiger partial charge in [0.05, 0.1) is 6.61 Å². The predicted molar refractivity (Wildman–Crippen MR) is 71.2 cm³/mol. The zero-order chi connectivity index (χ0) is 11.5. The van der Waals surface area contributed by atoms with Gasteiger partial charge in [-0.3, -0.25) is 0 Å². The van der Waals surface area contributed by atoms with Gasteiger partial charge in [-0.15, -0.1) is 0 Å². The Labute approximate surface area is 102 Å². The summed E-state index contributed by atoms with van der Waals surface area (Å²) in [4.78, 5) is 2.40. The number of nitrogens with zero attached hydrogens (tertiary/aromatic N) is 1. The maximum atomic E-state index is 9.41. The largest absolute Gasteiger partial charge is 0.392 e. The molecule has 1 aromatic rings. The van der Waals surface area contributed by atoms with Crippen molar-refractivity contribution in [3.63, 3.8) is 0 Å². The summed E-state index contributed by atoms with van der Waals surface area (Å²) in [5, 5.41) is 10.1. The van der Waals surface area contributed by atoms with Crippen LogP contribution in [0.2, 0.25) is 0 Å². The van der Waals surface area contributed by atoms with Crippen LogP contribution in [0.1, 0.15) is 18.1 Å². The molecule has 0 radical (unpaired) electrons. The Morgan fingerprint density at radius 2 is 2.31 bits per heavy atom. The minimum Gasteiger partial charge on any atom is -0.392 e. The van der Waals surface area contributed by atoms with E-state index in [-0.39, 0.29) is 6.61 Å². The summed E-state index contributed by atoms with van der Waals surface area (Å²) < 4.78 is 0. The summed E-state index contributed by atoms with van der Waals surface area (Å²) in [6.45, 7) is 6.64. The SMILES string of the molecule is Cc1ccc(N2CCSC(C)C2)c(CO)c1. The van der Waals surface area contributed by atoms with Gasteiger partial charge in [-0.25, -0.2) is 0 Å². The molecule has 3 heteroatoms. The molecule has 1 atom stereocenters. The first-order valence-corrected chi connectivity index (χ1v) is 6.82. The summed E-state index contributed by atoms with van der Waals surface area (Å²) >= 11 is 2.03. The molecule has 1 unspecified atom stereocenters. The van der Waals surface area contributed by atoms with Crippen molar-refractivity contribution in [2.45, 2.75) is 25.7 Å². The summed E-state index contributed by atoms with van der Waals surface area (Å²) in [7, 11) is 0. The molecule has 0 saturated carbocycles. The van der Waals surface area contributed by atoms with Gasteiger partial charge >= 0.3 is 0 Å². The van der Waals surface area contributed by atoms with Gasteiger partial charge in [0.25, 0.3) is 0 Å². The molecule has 1 aliphatic heterocycles. The maximum Gasteiger partial charge on any atom is 0.0702 e. The van der Waals surface area contributed by atoms with Gasteiger partial charge in [-0.1, -0.05) is 24.6 Å². The lowest BCUT2D eigenvalue weighted by atomic mass is 10.1. The molecule has 2 rings (SSSR count). The first-order chi connectivity index (χ1) is 7.70. The minimum absolute atomic E-state index is 0.134. The van der Waals surface area contributed by atoms with E-state index in [4.69, 9.17) is 0 Å². The van der Waals surface area contributed by atoms with Crippen LogP contribution in [0.5, 0.6) is 0 Å². The average Bonchev–Trinajstić information content (AvgIpc) is 2.28. The summed E-state index contributed by atoms with van der Waals surface area (Å²) in [6.07, 6.45) is 0. The van der Waals surface area contributed by atoms with Crippen molar-refractivity contribution in [2.75, 3.05) is 23.7 Å². The fourth-order valence-electron chi connectivity index (χ4n) is 2.19. The Bertz CT molecular complexity index is 367. The van der Waals surface area contributed by atoms with Crippen LogP contribution >= 0.6 is 11.8 Å². The van der Waals surface area contributed by atoms with Gasteiger partial charge in [-0.05, 0) is 13.0 Å². The van der Waals surface area contributed by atoms with Crippen LogP contribution in [0.3, 0.4) is 0 Å². The fourth-order valence-corrected chi connectivity index (χ4v) is 3.20. The minimum atomic E-state index is 0.134. The Morgan fingerprint density at radius 3 is 3.00 bits per heavy atom. The van der Waals surface area contributed by atoms with Crippen LogP contribution in [-0.4, -0.2) is 29.2 Å². The Morgan fingerprint density at radius 1 is 1.50 bits per heavy atom. The maximum absolute atomic E-state index is 9.41. The highest BCUT2D eigenvalue weighted by Gasteiger charge is 2.18. The third kappa shape index (κ3) is 2.53. The predicted octanol–water partition coefficient (Wildman–Crippen LogP) is 2.43. The molecule has 0 aliphatic carbocycles. The molecule has 88 valence electrons. The van der Waals surface area contributed by atoms with E-state index < -0.39 is 0 Å². The average molecular weight is 237 g/mol. The van der Waals surface area contributed by atoms with E-state index in [2.05, 4.69) is 36.9 Å². The zero-order valence-electron chi connectivity index (χ0n) is 9.94. The number of hydrogen-bond acceptors (Lipinski definition) is 3. The van der Waals surface area contributed by atoms with Crippen molar-refractivity contribution >= 4 is 17.4 Å². The van der Waals surface area contributed by atoms with Gasteiger partial charge in [-0.2, -0.15) is 11.8 Å². The van der Waals surface area contributed by atoms with E-state index in [1.807, 2.05) is 11.8 Å². The molecule has 1 aliphatic rings. The molecule has 0 amide bonds. The van der Waals surface area contributed by atoms with Crippen molar-refractivity contribution in [1.82, 2.24) is 0 Å². The van der Waals surface area contributed by atoms with E-state index in [9.17, 15) is 5.11 Å². The van der Waals surface area contributed by atoms with Gasteiger partial charge in [0.1, 0.15) is 0 Å². The van der Waals surface area contributed by atoms with Crippen molar-refractivity contribution in [3.05, 3.63) is 29.3 Å². The Balaban J connectivity index is 2.24. The van der Waals surface area contributed by atoms with Crippen LogP contribution in [0, 0.1) is 6.92 Å². The van der Waals surface area contributed by atoms with E-state index >= 15 is 0 Å². The lowest BCUT2D eigenvalue weighted by Crippen LogP contribution is -2.37. The molecular formula is C13H19NOS. The topological polar surface area (TPSA) is 23.5 Å². The third-order valence-electron chi connectivity index (χ3n) is 2.99. The highest BCUT2D eigenvalue weighted by Crippen LogP contribution is 2.27. The van der Waals surface area contributed by atoms with Crippen LogP contribution in [0.25, 0.3) is 0 Å². The van der Waals surface area contributed by atoms with Crippen LogP contribution in [0.15, 0.2) is 18.2 Å². The number of aliphatic hydroxyl groups excluding tert-OH is 1. The number of benzene rings is 1. The lowest BCUT2D eigenvalue weighted by Gasteiger charge is -2.33. The van der Waals surface area contributed by atoms with Gasteiger partial charge < -0.3 is 10.0 Å². The summed E-state index contributed by atoms with van der Waals surface area (Å²) in [5.74, 6) is 1.18. The molecule has 1 saturated heterocycles. The second-order valence-electron chi connectivity index (χ2n) is 4.42. The molecule has 1 fully saturated rings. The second-order valence-corrected chi connectivity index (χ2v) is 5.96. The standard InChI is InChI=1S/C13H19NOS/c1-10-3-4-13(12(7-10)9-15)14-5-6-16-11(2)8-14/h3-4,7,11,15H,5-6,8-9H2,1-2H3. The number of aryl methyl sites for hydroxylation is 1. The first-order valence-electron chi connectivity index (χ1n) is 5.77. The van der Waals surface area contributed by atoms with E-state index in [1.54, 1.807) is 0 Å². The monoisotopic (exact) mass is 237 g/mol. The van der Waals surface area contributed by atoms with Crippen molar-refractivity contribution in [3.8, 4) is 0 Å². The Hall–Kier alpha value is -0.670. The quantitative estimate of drug-likeness (QED) is 0.854. The van der Waals surface area contributed by atoms with Crippen molar-refractivity contribution in [2.24, 2.45) is 0 Å². The molecule has 2 nitrogen and oxygen atoms in total. The van der Waals surface area contributed by atoms with Crippen LogP contribution in [0.4, 0.5) is 5.69 Å².